The van der Waals surface area contributed by atoms with Gasteiger partial charge in [0, 0.05) is 11.1 Å². The number of carboxylic acids is 1. The van der Waals surface area contributed by atoms with E-state index in [4.69, 9.17) is 16.3 Å². The van der Waals surface area contributed by atoms with Gasteiger partial charge in [-0.05, 0) is 42.0 Å². The van der Waals surface area contributed by atoms with Crippen molar-refractivity contribution in [2.45, 2.75) is 12.5 Å². The number of halogens is 2. The number of hydrogen-bond acceptors (Lipinski definition) is 4. The van der Waals surface area contributed by atoms with Crippen molar-refractivity contribution in [2.24, 2.45) is 0 Å². The summed E-state index contributed by atoms with van der Waals surface area (Å²) < 4.78 is 19.2. The Hall–Kier alpha value is -3.59. The van der Waals surface area contributed by atoms with Crippen LogP contribution in [0.5, 0.6) is 5.75 Å². The average molecular weight is 434 g/mol. The molecule has 1 amide bonds. The topological polar surface area (TPSA) is 113 Å². The summed E-state index contributed by atoms with van der Waals surface area (Å²) in [6, 6.07) is 9.87. The van der Waals surface area contributed by atoms with Crippen molar-refractivity contribution in [1.82, 2.24) is 15.1 Å². The maximum absolute atomic E-state index is 13.1. The first-order chi connectivity index (χ1) is 14.3. The summed E-state index contributed by atoms with van der Waals surface area (Å²) in [7, 11) is 1.46. The highest BCUT2D eigenvalue weighted by atomic mass is 35.5. The lowest BCUT2D eigenvalue weighted by atomic mass is 10.0. The lowest BCUT2D eigenvalue weighted by Gasteiger charge is -2.19. The minimum absolute atomic E-state index is 0.0932. The molecule has 8 nitrogen and oxygen atoms in total. The number of aliphatic carboxylic acids is 1. The fraction of sp³-hybridized carbons (Fsp3) is 0.150. The number of rotatable bonds is 7. The molecule has 3 aromatic rings. The first-order valence-electron chi connectivity index (χ1n) is 8.72. The number of amides is 1. The molecule has 0 aliphatic carbocycles. The highest BCUT2D eigenvalue weighted by Gasteiger charge is 2.23. The van der Waals surface area contributed by atoms with E-state index >= 15 is 0 Å². The lowest BCUT2D eigenvalue weighted by molar-refractivity contribution is -0.137. The fourth-order valence-electron chi connectivity index (χ4n) is 2.86. The molecule has 0 aliphatic rings. The molecule has 3 N–H and O–H groups in total. The number of carboxylic acid groups (broad SMARTS) is 1. The molecular weight excluding hydrogens is 417 g/mol. The normalized spacial score (nSPS) is 11.7. The van der Waals surface area contributed by atoms with E-state index in [0.717, 1.165) is 10.7 Å². The number of carbonyl (C=O) groups is 2. The van der Waals surface area contributed by atoms with E-state index in [1.54, 1.807) is 12.1 Å². The summed E-state index contributed by atoms with van der Waals surface area (Å²) >= 11 is 6.22. The van der Waals surface area contributed by atoms with Crippen LogP contribution in [0.4, 0.5) is 4.39 Å². The van der Waals surface area contributed by atoms with Gasteiger partial charge in [-0.2, -0.15) is 0 Å². The summed E-state index contributed by atoms with van der Waals surface area (Å²) in [6.45, 7) is 0. The van der Waals surface area contributed by atoms with Gasteiger partial charge in [0.2, 0.25) is 0 Å². The number of aromatic amines is 1. The van der Waals surface area contributed by atoms with Gasteiger partial charge < -0.3 is 15.2 Å². The molecule has 0 spiro atoms. The molecule has 10 heteroatoms. The molecule has 1 atom stereocenters. The number of ether oxygens (including phenoxy) is 1. The molecule has 0 aliphatic heterocycles. The van der Waals surface area contributed by atoms with Gasteiger partial charge >= 0.3 is 5.97 Å². The number of hydrogen-bond donors (Lipinski definition) is 3. The van der Waals surface area contributed by atoms with Gasteiger partial charge in [-0.1, -0.05) is 17.7 Å². The quantitative estimate of drug-likeness (QED) is 0.530. The lowest BCUT2D eigenvalue weighted by Crippen LogP contribution is -2.30. The van der Waals surface area contributed by atoms with E-state index in [0.29, 0.717) is 17.0 Å². The van der Waals surface area contributed by atoms with Crippen LogP contribution in [0, 0.1) is 5.82 Å². The third-order valence-electron chi connectivity index (χ3n) is 4.32. The van der Waals surface area contributed by atoms with Crippen LogP contribution in [0.3, 0.4) is 0 Å². The first kappa shape index (κ1) is 21.1. The Kier molecular flexibility index (Phi) is 6.22. The number of benzene rings is 2. The van der Waals surface area contributed by atoms with Gasteiger partial charge in [-0.25, -0.2) is 9.07 Å². The third-order valence-corrected chi connectivity index (χ3v) is 4.64. The first-order valence-corrected chi connectivity index (χ1v) is 9.10. The van der Waals surface area contributed by atoms with Gasteiger partial charge in [-0.15, -0.1) is 0 Å². The summed E-state index contributed by atoms with van der Waals surface area (Å²) in [5.41, 5.74) is 0.0858. The van der Waals surface area contributed by atoms with E-state index in [2.05, 4.69) is 10.4 Å². The third kappa shape index (κ3) is 4.69. The highest BCUT2D eigenvalue weighted by Crippen LogP contribution is 2.29. The molecule has 156 valence electrons. The van der Waals surface area contributed by atoms with Crippen LogP contribution in [0.25, 0.3) is 5.69 Å². The van der Waals surface area contributed by atoms with Crippen LogP contribution in [-0.4, -0.2) is 33.9 Å². The zero-order valence-electron chi connectivity index (χ0n) is 15.7. The number of nitrogens with zero attached hydrogens (tertiary/aromatic N) is 1. The number of nitrogens with one attached hydrogen (secondary N) is 2. The molecule has 0 fully saturated rings. The smallest absolute Gasteiger partial charge is 0.305 e. The predicted octanol–water partition coefficient (Wildman–Crippen LogP) is 2.91. The number of methoxy groups -OCH3 is 1. The second-order valence-corrected chi connectivity index (χ2v) is 6.74. The summed E-state index contributed by atoms with van der Waals surface area (Å²) in [4.78, 5) is 36.2. The molecule has 3 rings (SSSR count). The van der Waals surface area contributed by atoms with E-state index in [1.807, 2.05) is 0 Å². The Labute approximate surface area is 174 Å². The van der Waals surface area contributed by atoms with Gasteiger partial charge in [0.25, 0.3) is 11.5 Å². The molecule has 0 radical (unpaired) electrons. The SMILES string of the molecule is COc1ccc(C(CC(=O)O)NC(=O)c2cc(=O)n(-c3ccc(F)cc3)[nH]2)c(Cl)c1. The van der Waals surface area contributed by atoms with E-state index in [9.17, 15) is 23.9 Å². The summed E-state index contributed by atoms with van der Waals surface area (Å²) in [5.74, 6) is -1.84. The van der Waals surface area contributed by atoms with Crippen molar-refractivity contribution < 1.29 is 23.8 Å². The zero-order valence-corrected chi connectivity index (χ0v) is 16.4. The number of carbonyl (C=O) groups excluding carboxylic acids is 1. The van der Waals surface area contributed by atoms with Crippen molar-refractivity contribution in [2.75, 3.05) is 7.11 Å². The van der Waals surface area contributed by atoms with Gasteiger partial charge in [0.1, 0.15) is 17.3 Å². The molecule has 0 saturated carbocycles. The van der Waals surface area contributed by atoms with E-state index in [-0.39, 0.29) is 10.7 Å². The van der Waals surface area contributed by atoms with Crippen LogP contribution in [0.15, 0.2) is 53.3 Å². The molecule has 30 heavy (non-hydrogen) atoms. The predicted molar refractivity (Wildman–Crippen MR) is 107 cm³/mol. The van der Waals surface area contributed by atoms with Gasteiger partial charge in [-0.3, -0.25) is 19.5 Å². The molecule has 1 aromatic heterocycles. The maximum Gasteiger partial charge on any atom is 0.305 e. The average Bonchev–Trinajstić information content (AvgIpc) is 3.09. The van der Waals surface area contributed by atoms with Crippen molar-refractivity contribution >= 4 is 23.5 Å². The minimum atomic E-state index is -1.15. The second-order valence-electron chi connectivity index (χ2n) is 6.33. The highest BCUT2D eigenvalue weighted by molar-refractivity contribution is 6.31. The monoisotopic (exact) mass is 433 g/mol. The standard InChI is InChI=1S/C20H17ClFN3O5/c1-30-13-6-7-14(15(21)8-13)16(10-19(27)28)23-20(29)17-9-18(26)25(24-17)12-4-2-11(22)3-5-12/h2-9,16,24H,10H2,1H3,(H,23,29)(H,27,28). The van der Waals surface area contributed by atoms with Crippen molar-refractivity contribution in [1.29, 1.82) is 0 Å². The molecular formula is C20H17ClFN3O5. The largest absolute Gasteiger partial charge is 0.497 e. The molecule has 0 bridgehead atoms. The van der Waals surface area contributed by atoms with Gasteiger partial charge in [0.05, 0.1) is 25.3 Å². The van der Waals surface area contributed by atoms with Crippen molar-refractivity contribution in [3.63, 3.8) is 0 Å². The van der Waals surface area contributed by atoms with E-state index in [1.165, 1.54) is 37.4 Å². The van der Waals surface area contributed by atoms with Crippen LogP contribution < -0.4 is 15.6 Å². The minimum Gasteiger partial charge on any atom is -0.497 e. The molecule has 2 aromatic carbocycles. The van der Waals surface area contributed by atoms with Crippen molar-refractivity contribution in [3.8, 4) is 11.4 Å². The summed E-state index contributed by atoms with van der Waals surface area (Å²) in [5, 5.41) is 14.6. The Morgan fingerprint density at radius 2 is 1.93 bits per heavy atom. The summed E-state index contributed by atoms with van der Waals surface area (Å²) in [6.07, 6.45) is -0.430. The van der Waals surface area contributed by atoms with Crippen LogP contribution in [0.2, 0.25) is 5.02 Å². The Morgan fingerprint density at radius 3 is 2.53 bits per heavy atom. The van der Waals surface area contributed by atoms with Crippen LogP contribution >= 0.6 is 11.6 Å². The Morgan fingerprint density at radius 1 is 1.23 bits per heavy atom. The Balaban J connectivity index is 1.88. The number of H-pyrrole nitrogens is 1. The second kappa shape index (κ2) is 8.83. The fourth-order valence-corrected chi connectivity index (χ4v) is 3.16. The number of aromatic nitrogens is 2. The van der Waals surface area contributed by atoms with Crippen LogP contribution in [0.1, 0.15) is 28.5 Å². The maximum atomic E-state index is 13.1. The van der Waals surface area contributed by atoms with Crippen LogP contribution in [-0.2, 0) is 4.79 Å². The van der Waals surface area contributed by atoms with Gasteiger partial charge in [0.15, 0.2) is 0 Å². The van der Waals surface area contributed by atoms with E-state index < -0.39 is 35.7 Å². The molecule has 0 saturated heterocycles. The van der Waals surface area contributed by atoms with Crippen molar-refractivity contribution in [3.05, 3.63) is 81.0 Å². The Bertz CT molecular complexity index is 1140. The molecule has 1 heterocycles. The molecule has 1 unspecified atom stereocenters. The zero-order chi connectivity index (χ0) is 21.8.